The molecule has 0 atom stereocenters. The summed E-state index contributed by atoms with van der Waals surface area (Å²) in [6.07, 6.45) is 9.46. The summed E-state index contributed by atoms with van der Waals surface area (Å²) in [5.41, 5.74) is 2.99. The van der Waals surface area contributed by atoms with Crippen molar-refractivity contribution >= 4 is 57.2 Å². The summed E-state index contributed by atoms with van der Waals surface area (Å²) in [7, 11) is 4.88. The van der Waals surface area contributed by atoms with E-state index in [0.29, 0.717) is 25.1 Å². The molecule has 0 fully saturated rings. The fourth-order valence-electron chi connectivity index (χ4n) is 4.24. The first-order valence-corrected chi connectivity index (χ1v) is 17.0. The monoisotopic (exact) mass is 603 g/mol. The van der Waals surface area contributed by atoms with E-state index in [9.17, 15) is 14.7 Å². The number of anilines is 2. The van der Waals surface area contributed by atoms with Gasteiger partial charge >= 0.3 is 0 Å². The Bertz CT molecular complexity index is 1130. The number of phenolic OH excluding ortho intramolecular Hbond substituents is 1. The van der Waals surface area contributed by atoms with E-state index < -0.39 is 0 Å². The van der Waals surface area contributed by atoms with E-state index in [-0.39, 0.29) is 39.3 Å². The third-order valence-electron chi connectivity index (χ3n) is 6.43. The van der Waals surface area contributed by atoms with E-state index in [0.717, 1.165) is 17.7 Å². The minimum Gasteiger partial charge on any atom is -0.504 e. The molecule has 1 heterocycles. The van der Waals surface area contributed by atoms with E-state index in [1.54, 1.807) is 26.5 Å². The number of benzene rings is 2. The average Bonchev–Trinajstić information content (AvgIpc) is 3.39. The van der Waals surface area contributed by atoms with Gasteiger partial charge in [-0.15, -0.1) is 0 Å². The molecule has 2 aromatic rings. The van der Waals surface area contributed by atoms with Gasteiger partial charge in [0.25, 0.3) is 5.91 Å². The first-order valence-electron chi connectivity index (χ1n) is 14.4. The Balaban J connectivity index is 0.000000931. The van der Waals surface area contributed by atoms with Crippen LogP contribution in [0.4, 0.5) is 17.1 Å². The second-order valence-electron chi connectivity index (χ2n) is 10.0. The molecule has 0 unspecified atom stereocenters. The van der Waals surface area contributed by atoms with Crippen LogP contribution >= 0.6 is 21.6 Å². The number of fused-ring (bicyclic) bond motifs is 1. The lowest BCUT2D eigenvalue weighted by molar-refractivity contribution is -0.116. The number of hydrogen-bond acceptors (Lipinski definition) is 7. The van der Waals surface area contributed by atoms with Gasteiger partial charge in [0, 0.05) is 35.2 Å². The summed E-state index contributed by atoms with van der Waals surface area (Å²) in [5, 5.41) is 13.0. The lowest BCUT2D eigenvalue weighted by atomic mass is 10.1. The zero-order valence-corrected chi connectivity index (χ0v) is 27.8. The Morgan fingerprint density at radius 1 is 1.15 bits per heavy atom. The van der Waals surface area contributed by atoms with Crippen molar-refractivity contribution in [3.8, 4) is 11.5 Å². The van der Waals surface area contributed by atoms with Gasteiger partial charge < -0.3 is 20.1 Å². The highest BCUT2D eigenvalue weighted by atomic mass is 33.1. The van der Waals surface area contributed by atoms with Gasteiger partial charge in [0.15, 0.2) is 11.5 Å². The van der Waals surface area contributed by atoms with Gasteiger partial charge in [0.2, 0.25) is 5.91 Å². The molecule has 7 nitrogen and oxygen atoms in total. The van der Waals surface area contributed by atoms with E-state index in [2.05, 4.69) is 44.7 Å². The third-order valence-corrected chi connectivity index (χ3v) is 9.10. The number of ether oxygens (including phenoxy) is 1. The van der Waals surface area contributed by atoms with Crippen LogP contribution in [0.2, 0.25) is 0 Å². The van der Waals surface area contributed by atoms with Crippen molar-refractivity contribution in [2.45, 2.75) is 91.2 Å². The molecule has 0 saturated carbocycles. The summed E-state index contributed by atoms with van der Waals surface area (Å²) in [6, 6.07) is 8.48. The largest absolute Gasteiger partial charge is 0.504 e. The Morgan fingerprint density at radius 3 is 2.37 bits per heavy atom. The average molecular weight is 604 g/mol. The number of amides is 2. The van der Waals surface area contributed by atoms with Crippen LogP contribution in [-0.2, 0) is 11.2 Å². The molecule has 0 saturated heterocycles. The maximum absolute atomic E-state index is 13.4. The lowest BCUT2D eigenvalue weighted by Gasteiger charge is -2.22. The maximum Gasteiger partial charge on any atom is 0.260 e. The topological polar surface area (TPSA) is 91.2 Å². The van der Waals surface area contributed by atoms with Crippen molar-refractivity contribution in [1.82, 2.24) is 0 Å². The number of aromatic hydroxyl groups is 1. The molecule has 1 aliphatic heterocycles. The predicted octanol–water partition coefficient (Wildman–Crippen LogP) is 9.06. The molecule has 0 radical (unpaired) electrons. The number of phenols is 1. The molecule has 2 N–H and O–H groups in total. The smallest absolute Gasteiger partial charge is 0.260 e. The van der Waals surface area contributed by atoms with Gasteiger partial charge in [-0.25, -0.2) is 0 Å². The van der Waals surface area contributed by atoms with Gasteiger partial charge in [-0.05, 0) is 63.4 Å². The molecule has 1 aliphatic rings. The molecule has 0 spiro atoms. The van der Waals surface area contributed by atoms with Crippen LogP contribution in [0.3, 0.4) is 0 Å². The number of unbranched alkanes of at least 4 members (excludes halogenated alkanes) is 3. The van der Waals surface area contributed by atoms with Crippen LogP contribution in [0.15, 0.2) is 35.3 Å². The van der Waals surface area contributed by atoms with Crippen molar-refractivity contribution < 1.29 is 19.4 Å². The summed E-state index contributed by atoms with van der Waals surface area (Å²) >= 11 is 0. The lowest BCUT2D eigenvalue weighted by Crippen LogP contribution is -2.29. The SMILES string of the molecule is C=Nc1cc(O)c(OC)cc1C(=O)N1CCc2ccc(NC(=O)CCC(C)(C)SSC)cc21.CC.CCCCCC. The second-order valence-corrected chi connectivity index (χ2v) is 13.1. The van der Waals surface area contributed by atoms with Crippen molar-refractivity contribution in [2.75, 3.05) is 30.1 Å². The highest BCUT2D eigenvalue weighted by Crippen LogP contribution is 2.39. The summed E-state index contributed by atoms with van der Waals surface area (Å²) < 4.78 is 5.17. The number of carbonyl (C=O) groups is 2. The van der Waals surface area contributed by atoms with Crippen LogP contribution in [0.1, 0.15) is 96.0 Å². The van der Waals surface area contributed by atoms with Crippen LogP contribution in [0.25, 0.3) is 0 Å². The summed E-state index contributed by atoms with van der Waals surface area (Å²) in [6.45, 7) is 16.7. The zero-order valence-electron chi connectivity index (χ0n) is 26.1. The van der Waals surface area contributed by atoms with Crippen molar-refractivity contribution in [3.63, 3.8) is 0 Å². The highest BCUT2D eigenvalue weighted by Gasteiger charge is 2.28. The molecule has 2 amide bonds. The van der Waals surface area contributed by atoms with Gasteiger partial charge in [-0.3, -0.25) is 14.6 Å². The summed E-state index contributed by atoms with van der Waals surface area (Å²) in [4.78, 5) is 31.5. The number of rotatable bonds is 12. The second kappa shape index (κ2) is 18.7. The molecule has 41 heavy (non-hydrogen) atoms. The van der Waals surface area contributed by atoms with Gasteiger partial charge in [0.05, 0.1) is 18.4 Å². The molecule has 2 aromatic carbocycles. The highest BCUT2D eigenvalue weighted by molar-refractivity contribution is 8.76. The minimum atomic E-state index is -0.270. The van der Waals surface area contributed by atoms with Gasteiger partial charge in [-0.2, -0.15) is 0 Å². The van der Waals surface area contributed by atoms with Crippen LogP contribution < -0.4 is 15.0 Å². The number of nitrogens with zero attached hydrogens (tertiary/aromatic N) is 2. The van der Waals surface area contributed by atoms with Crippen LogP contribution in [0, 0.1) is 0 Å². The normalized spacial score (nSPS) is 11.9. The number of aliphatic imine (C=N–C) groups is 1. The fourth-order valence-corrected chi connectivity index (χ4v) is 6.48. The first-order chi connectivity index (χ1) is 19.6. The van der Waals surface area contributed by atoms with E-state index in [4.69, 9.17) is 4.74 Å². The Hall–Kier alpha value is -2.65. The van der Waals surface area contributed by atoms with Crippen molar-refractivity contribution in [1.29, 1.82) is 0 Å². The molecule has 9 heteroatoms. The predicted molar refractivity (Wildman–Crippen MR) is 180 cm³/mol. The third kappa shape index (κ3) is 11.3. The number of carbonyl (C=O) groups excluding carboxylic acids is 2. The van der Waals surface area contributed by atoms with Gasteiger partial charge in [-0.1, -0.05) is 81.0 Å². The number of nitrogens with one attached hydrogen (secondary N) is 1. The number of methoxy groups -OCH3 is 1. The zero-order chi connectivity index (χ0) is 31.0. The Morgan fingerprint density at radius 2 is 1.80 bits per heavy atom. The van der Waals surface area contributed by atoms with Crippen LogP contribution in [0.5, 0.6) is 11.5 Å². The van der Waals surface area contributed by atoms with E-state index in [1.165, 1.54) is 44.9 Å². The van der Waals surface area contributed by atoms with Crippen molar-refractivity contribution in [2.24, 2.45) is 4.99 Å². The molecular formula is C32H49N3O4S2. The molecule has 228 valence electrons. The quantitative estimate of drug-likeness (QED) is 0.143. The molecule has 0 aliphatic carbocycles. The van der Waals surface area contributed by atoms with Crippen molar-refractivity contribution in [3.05, 3.63) is 41.5 Å². The Labute approximate surface area is 255 Å². The van der Waals surface area contributed by atoms with Gasteiger partial charge in [0.1, 0.15) is 0 Å². The number of hydrogen-bond donors (Lipinski definition) is 2. The van der Waals surface area contributed by atoms with E-state index in [1.807, 2.05) is 38.3 Å². The Kier molecular flexibility index (Phi) is 16.6. The first kappa shape index (κ1) is 36.4. The molecular weight excluding hydrogens is 555 g/mol. The summed E-state index contributed by atoms with van der Waals surface area (Å²) in [5.74, 6) is -0.244. The molecule has 0 aromatic heterocycles. The fraction of sp³-hybridized carbons (Fsp3) is 0.531. The van der Waals surface area contributed by atoms with Crippen LogP contribution in [-0.4, -0.2) is 48.3 Å². The standard InChI is InChI=1S/C24H29N3O4S2.C6H14.C2H6/c1-24(2,33-32-5)10-8-22(29)26-16-7-6-15-9-11-27(19(15)12-16)23(30)17-13-21(31-4)20(28)14-18(17)25-3;1-3-5-6-4-2;1-2/h6-7,12-14,28H,3,8-11H2,1-2,4-5H3,(H,26,29);3-6H2,1-2H3;1-2H3. The molecule has 3 rings (SSSR count). The minimum absolute atomic E-state index is 0.0139. The van der Waals surface area contributed by atoms with E-state index >= 15 is 0 Å². The maximum atomic E-state index is 13.4. The molecule has 0 bridgehead atoms.